The second-order valence-corrected chi connectivity index (χ2v) is 35.6. The quantitative estimate of drug-likeness (QED) is 0.0141. The molecule has 38 nitrogen and oxygen atoms in total. The fourth-order valence-electron chi connectivity index (χ4n) is 13.8. The van der Waals surface area contributed by atoms with Crippen molar-refractivity contribution >= 4 is 296 Å². The Bertz CT molecular complexity index is 6710. The molecule has 0 atom stereocenters. The summed E-state index contributed by atoms with van der Waals surface area (Å²) < 4.78 is 106. The van der Waals surface area contributed by atoms with Gasteiger partial charge < -0.3 is 86.8 Å². The number of fused-ring (bicyclic) bond motifs is 14. The van der Waals surface area contributed by atoms with Crippen LogP contribution in [0.2, 0.25) is 34.3 Å². The number of hydrogen-bond acceptors (Lipinski definition) is 34. The number of halogens is 18. The zero-order valence-electron chi connectivity index (χ0n) is 76.4. The van der Waals surface area contributed by atoms with Crippen LogP contribution < -0.4 is 72.3 Å². The fourth-order valence-corrected chi connectivity index (χ4v) is 16.5. The first kappa shape index (κ1) is 123. The monoisotopic (exact) mass is 2460 g/mol. The number of rotatable bonds is 12. The Morgan fingerprint density at radius 3 is 0.993 bits per heavy atom. The maximum absolute atomic E-state index is 13.9. The van der Waals surface area contributed by atoms with E-state index >= 15 is 0 Å². The van der Waals surface area contributed by atoms with E-state index in [0.717, 1.165) is 135 Å². The number of nitrogens with zero attached hydrogens (tertiary/aromatic N) is 27. The zero-order chi connectivity index (χ0) is 99.6. The van der Waals surface area contributed by atoms with Gasteiger partial charge in [0.25, 0.3) is 6.48 Å². The third-order valence-electron chi connectivity index (χ3n) is 20.5. The summed E-state index contributed by atoms with van der Waals surface area (Å²) in [6.45, 7) is 29.8. The number of benzene rings is 6. The second-order valence-electron chi connectivity index (χ2n) is 29.1. The molecule has 4 saturated heterocycles. The molecule has 10 aromatic heterocycles. The summed E-state index contributed by atoms with van der Waals surface area (Å²) in [7, 11) is 2.38. The first-order valence-electron chi connectivity index (χ1n) is 41.6. The van der Waals surface area contributed by atoms with E-state index in [1.807, 2.05) is 32.4 Å². The number of aromatic nitrogens is 20. The fraction of sp³-hybridized carbons (Fsp3) is 0.346. The van der Waals surface area contributed by atoms with Gasteiger partial charge in [0.2, 0.25) is 16.9 Å². The van der Waals surface area contributed by atoms with Crippen LogP contribution in [0.1, 0.15) is 26.5 Å². The maximum atomic E-state index is 13.9. The minimum Gasteiger partial charge on any atom is -0.512 e. The molecule has 0 aliphatic carbocycles. The number of hydrogen-bond donors (Lipinski definition) is 8. The summed E-state index contributed by atoms with van der Waals surface area (Å²) in [5, 5.41) is 71.1. The van der Waals surface area contributed by atoms with Crippen molar-refractivity contribution in [3.8, 4) is 0 Å². The number of piperazine rings is 4. The van der Waals surface area contributed by atoms with Crippen molar-refractivity contribution in [2.45, 2.75) is 47.4 Å². The van der Waals surface area contributed by atoms with Gasteiger partial charge in [0.1, 0.15) is 60.2 Å². The van der Waals surface area contributed by atoms with E-state index in [0.29, 0.717) is 136 Å². The molecule has 11 N–H and O–H groups in total. The molecule has 14 heterocycles. The van der Waals surface area contributed by atoms with Crippen molar-refractivity contribution in [1.82, 2.24) is 123 Å². The minimum atomic E-state index is -0.472. The molecule has 0 amide bonds. The Morgan fingerprint density at radius 2 is 0.667 bits per heavy atom. The summed E-state index contributed by atoms with van der Waals surface area (Å²) in [6.07, 6.45) is 6.24. The maximum Gasteiger partial charge on any atom is 1.00 e. The SMILES string of the molecule is CB(O)N1CCN(c2nc3cc(Br)c(F)cc3n3cnnc23)CC1.CB(O)N1CCNCC1.CCOC(OCC)OCC.CN1CCN(c2nc3cc(Br)c(F)cc3n3cnnc23)CC1.CO.Cl.Cl.Fc1cc2c(cc1Br)nc(Cl)c1nncn12.Fc1cc2c(cc1Br)nc(N1CCNCC1)c1nncn12.Fc1cc2nc(Cl)c(Cl)nc2cc1Br.NCc1nc2cc(F)c(Br)cc2nc1Cl.NN.[B].[C-]#N.[Na+]. The molecule has 60 heteroatoms. The Hall–Kier alpha value is -7.04. The van der Waals surface area contributed by atoms with Gasteiger partial charge in [-0.3, -0.25) is 29.3 Å². The average molecular weight is 2470 g/mol. The Balaban J connectivity index is 0.000000248. The number of anilines is 3. The molecule has 747 valence electrons. The smallest absolute Gasteiger partial charge is 0.512 e. The molecule has 4 aliphatic heterocycles. The van der Waals surface area contributed by atoms with Crippen molar-refractivity contribution < 1.29 is 85.3 Å². The van der Waals surface area contributed by atoms with Gasteiger partial charge in [0.15, 0.2) is 43.7 Å². The van der Waals surface area contributed by atoms with Crippen LogP contribution in [-0.4, -0.2) is 296 Å². The first-order chi connectivity index (χ1) is 65.9. The van der Waals surface area contributed by atoms with Crippen LogP contribution in [-0.2, 0) is 20.8 Å². The Labute approximate surface area is 911 Å². The average Bonchev–Trinajstić information content (AvgIpc) is 1.68. The van der Waals surface area contributed by atoms with E-state index < -0.39 is 19.3 Å². The topological polar surface area (TPSA) is 458 Å². The third-order valence-corrected chi connectivity index (χ3v) is 25.3. The van der Waals surface area contributed by atoms with Crippen molar-refractivity contribution in [3.05, 3.63) is 193 Å². The van der Waals surface area contributed by atoms with Gasteiger partial charge in [-0.25, -0.2) is 66.2 Å². The van der Waals surface area contributed by atoms with Crippen LogP contribution in [0.3, 0.4) is 0 Å². The van der Waals surface area contributed by atoms with Crippen molar-refractivity contribution in [2.24, 2.45) is 17.4 Å². The first-order valence-corrected chi connectivity index (χ1v) is 47.8. The molecule has 0 spiro atoms. The van der Waals surface area contributed by atoms with Crippen LogP contribution in [0, 0.1) is 46.7 Å². The van der Waals surface area contributed by atoms with Crippen molar-refractivity contribution in [1.29, 1.82) is 5.26 Å². The van der Waals surface area contributed by atoms with Gasteiger partial charge in [0.05, 0.1) is 98.7 Å². The Kier molecular flexibility index (Phi) is 51.9. The molecule has 0 saturated carbocycles. The number of nitrogens with one attached hydrogen (secondary N) is 2. The molecule has 6 aromatic carbocycles. The number of likely N-dealkylation sites (N-methyl/N-ethyl adjacent to an activating group) is 1. The summed E-state index contributed by atoms with van der Waals surface area (Å²) >= 11 is 41.9. The molecule has 0 unspecified atom stereocenters. The largest absolute Gasteiger partial charge is 1.00 e. The molecular formula is C81H91B3Br6Cl6F6N32NaO6. The van der Waals surface area contributed by atoms with Crippen LogP contribution >= 0.6 is 167 Å². The second kappa shape index (κ2) is 59.7. The minimum absolute atomic E-state index is 0. The van der Waals surface area contributed by atoms with E-state index in [1.54, 1.807) is 67.7 Å². The normalized spacial score (nSPS) is 13.6. The molecule has 4 aliphatic rings. The van der Waals surface area contributed by atoms with Crippen molar-refractivity contribution in [2.75, 3.05) is 153 Å². The van der Waals surface area contributed by atoms with E-state index in [2.05, 4.69) is 220 Å². The van der Waals surface area contributed by atoms with Crippen LogP contribution in [0.25, 0.3) is 88.8 Å². The molecule has 4 fully saturated rings. The number of hydrazine groups is 1. The predicted molar refractivity (Wildman–Crippen MR) is 557 cm³/mol. The predicted octanol–water partition coefficient (Wildman–Crippen LogP) is 10.6. The standard InChI is InChI=1S/C14H15BBrFN6O.C14H14BrFN6.C13H12BrFN6.C9H3BrClFN4.C9H6BrClFN3.C8H2BrCl2FN2.C7H16O3.C5H13BN2O.CN.CH4O.B.2ClH.H4N2.Na/c1-15(24)22-4-2-21(3-5-22)13-14-20-18-8-23(14)12-7-10(17)9(16)6-11(12)19-13;1-20-2-4-21(5-3-20)13-14-19-17-8-22(14)12-7-10(16)9(15)6-11(12)18-13;14-8-5-10-11(6-9(8)15)21-7-17-19-13(21)12(18-10)20-3-1-16-2-4-20;10-4-1-6-7(2-5(4)12)16-3-13-15-9(16)8(11)14-6;10-4-1-6-7(2-5(4)12)14-8(3-13)9(11)15-6;9-3-1-5-6(2-4(3)12)14-8(11)7(10)13-5;1-4-8-7(9-5-2)10-6-3;1-6(9)8-4-2-7-3-5-8;2*1-2;;;;1-2;/h6-8,24H,2-5H2,1H3;6-8H,2-5H2,1H3;5-7,16H,1-4H2;1-3H;1-2H,3,13H2;1-2H;7H,4-6H2,1-3H3;7,9H,2-5H2,1H3;;2H,1H3;;2*1H;1-2H2;/q;;;;;;;;-1;;;;;;+1. The van der Waals surface area contributed by atoms with Crippen LogP contribution in [0.15, 0.2) is 125 Å². The number of aliphatic hydroxyl groups is 1. The number of aliphatic hydroxyl groups excluding tert-OH is 1. The van der Waals surface area contributed by atoms with Crippen molar-refractivity contribution in [3.63, 3.8) is 0 Å². The molecule has 141 heavy (non-hydrogen) atoms. The van der Waals surface area contributed by atoms with Crippen LogP contribution in [0.4, 0.5) is 43.8 Å². The summed E-state index contributed by atoms with van der Waals surface area (Å²) in [6, 6.07) is 17.9. The van der Waals surface area contributed by atoms with E-state index in [-0.39, 0.29) is 126 Å². The Morgan fingerprint density at radius 1 is 0.404 bits per heavy atom. The van der Waals surface area contributed by atoms with Gasteiger partial charge in [-0.05, 0) is 173 Å². The van der Waals surface area contributed by atoms with E-state index in [1.165, 1.54) is 54.9 Å². The van der Waals surface area contributed by atoms with Crippen LogP contribution in [0.5, 0.6) is 0 Å². The summed E-state index contributed by atoms with van der Waals surface area (Å²) in [5.41, 5.74) is 15.3. The summed E-state index contributed by atoms with van der Waals surface area (Å²) in [4.78, 5) is 47.1. The van der Waals surface area contributed by atoms with E-state index in [4.69, 9.17) is 98.3 Å². The van der Waals surface area contributed by atoms with Gasteiger partial charge in [0, 0.05) is 183 Å². The van der Waals surface area contributed by atoms with Gasteiger partial charge in [-0.15, -0.1) is 65.6 Å². The van der Waals surface area contributed by atoms with E-state index in [9.17, 15) is 31.4 Å². The third kappa shape index (κ3) is 31.8. The molecule has 20 rings (SSSR count). The molecule has 3 radical (unpaired) electrons. The molecule has 16 aromatic rings. The number of nitrogens with two attached hydrogens (primary N) is 3. The molecule has 0 bridgehead atoms. The zero-order valence-corrected chi connectivity index (χ0v) is 92.6. The van der Waals surface area contributed by atoms with Gasteiger partial charge >= 0.3 is 43.7 Å². The number of ether oxygens (including phenoxy) is 3. The van der Waals surface area contributed by atoms with Gasteiger partial charge in [-0.1, -0.05) is 46.4 Å². The summed E-state index contributed by atoms with van der Waals surface area (Å²) in [5.74, 6) is 8.16. The molecular weight excluding hydrogens is 2380 g/mol. The van der Waals surface area contributed by atoms with Gasteiger partial charge in [-0.2, -0.15) is 0 Å².